The fourth-order valence-corrected chi connectivity index (χ4v) is 3.57. The van der Waals surface area contributed by atoms with Crippen molar-refractivity contribution in [2.24, 2.45) is 0 Å². The zero-order valence-corrected chi connectivity index (χ0v) is 16.2. The van der Waals surface area contributed by atoms with Crippen LogP contribution in [0.5, 0.6) is 0 Å². The van der Waals surface area contributed by atoms with Gasteiger partial charge in [-0.2, -0.15) is 0 Å². The number of halogens is 1. The number of piperidine rings is 1. The van der Waals surface area contributed by atoms with Gasteiger partial charge in [0.05, 0.1) is 0 Å². The monoisotopic (exact) mass is 373 g/mol. The van der Waals surface area contributed by atoms with Crippen LogP contribution >= 0.6 is 12.4 Å². The van der Waals surface area contributed by atoms with E-state index in [2.05, 4.69) is 40.2 Å². The molecule has 0 aliphatic carbocycles. The van der Waals surface area contributed by atoms with Crippen LogP contribution in [0.3, 0.4) is 0 Å². The summed E-state index contributed by atoms with van der Waals surface area (Å²) in [5, 5.41) is 0. The number of pyridine rings is 1. The van der Waals surface area contributed by atoms with Gasteiger partial charge in [0.2, 0.25) is 5.91 Å². The smallest absolute Gasteiger partial charge is 0.226 e. The van der Waals surface area contributed by atoms with E-state index in [9.17, 15) is 4.79 Å². The minimum Gasteiger partial charge on any atom is -0.309 e. The Labute approximate surface area is 162 Å². The molecular formula is C21H28ClN3O. The van der Waals surface area contributed by atoms with Crippen molar-refractivity contribution < 1.29 is 4.79 Å². The molecular weight excluding hydrogens is 346 g/mol. The maximum absolute atomic E-state index is 12.5. The molecule has 1 saturated heterocycles. The molecule has 5 heteroatoms. The van der Waals surface area contributed by atoms with Gasteiger partial charge in [-0.15, -0.1) is 12.4 Å². The second kappa shape index (κ2) is 10.3. The van der Waals surface area contributed by atoms with Crippen LogP contribution in [0.4, 0.5) is 5.69 Å². The van der Waals surface area contributed by atoms with E-state index in [4.69, 9.17) is 0 Å². The molecule has 1 fully saturated rings. The number of aromatic nitrogens is 1. The van der Waals surface area contributed by atoms with E-state index in [0.717, 1.165) is 44.6 Å². The van der Waals surface area contributed by atoms with Crippen molar-refractivity contribution in [3.63, 3.8) is 0 Å². The summed E-state index contributed by atoms with van der Waals surface area (Å²) in [6, 6.07) is 14.8. The Morgan fingerprint density at radius 2 is 1.77 bits per heavy atom. The molecule has 2 aromatic rings. The lowest BCUT2D eigenvalue weighted by atomic mass is 10.0. The van der Waals surface area contributed by atoms with Crippen LogP contribution in [-0.4, -0.2) is 41.5 Å². The van der Waals surface area contributed by atoms with Gasteiger partial charge < -0.3 is 9.80 Å². The predicted octanol–water partition coefficient (Wildman–Crippen LogP) is 3.95. The van der Waals surface area contributed by atoms with E-state index in [1.807, 2.05) is 24.0 Å². The van der Waals surface area contributed by atoms with Gasteiger partial charge in [0.15, 0.2) is 0 Å². The molecule has 26 heavy (non-hydrogen) atoms. The Hall–Kier alpha value is -1.91. The fraction of sp³-hybridized carbons (Fsp3) is 0.429. The highest BCUT2D eigenvalue weighted by Gasteiger charge is 2.28. The van der Waals surface area contributed by atoms with E-state index in [1.54, 1.807) is 12.4 Å². The van der Waals surface area contributed by atoms with E-state index in [0.29, 0.717) is 12.5 Å². The zero-order chi connectivity index (χ0) is 17.5. The van der Waals surface area contributed by atoms with Gasteiger partial charge in [0.1, 0.15) is 0 Å². The van der Waals surface area contributed by atoms with Crippen molar-refractivity contribution in [2.75, 3.05) is 24.5 Å². The number of benzene rings is 1. The molecule has 1 aromatic carbocycles. The van der Waals surface area contributed by atoms with Gasteiger partial charge >= 0.3 is 0 Å². The van der Waals surface area contributed by atoms with Crippen molar-refractivity contribution in [2.45, 2.75) is 38.6 Å². The summed E-state index contributed by atoms with van der Waals surface area (Å²) in [5.74, 6) is 0.203. The summed E-state index contributed by atoms with van der Waals surface area (Å²) < 4.78 is 0. The topological polar surface area (TPSA) is 36.4 Å². The molecule has 0 radical (unpaired) electrons. The Morgan fingerprint density at radius 3 is 2.38 bits per heavy atom. The Kier molecular flexibility index (Phi) is 8.07. The number of amides is 1. The molecule has 0 saturated carbocycles. The lowest BCUT2D eigenvalue weighted by molar-refractivity contribution is -0.119. The molecule has 2 heterocycles. The number of hydrogen-bond donors (Lipinski definition) is 0. The summed E-state index contributed by atoms with van der Waals surface area (Å²) in [6.07, 6.45) is 7.22. The van der Waals surface area contributed by atoms with Crippen molar-refractivity contribution in [3.05, 3.63) is 60.4 Å². The molecule has 1 aromatic heterocycles. The number of rotatable bonds is 6. The lowest BCUT2D eigenvalue weighted by Crippen LogP contribution is -2.47. The SMILES string of the molecule is CCC(=O)N(c1ccncc1)C1CCN(CCc2ccccc2)CC1.Cl. The van der Waals surface area contributed by atoms with Crippen molar-refractivity contribution >= 4 is 24.0 Å². The number of likely N-dealkylation sites (tertiary alicyclic amines) is 1. The third-order valence-corrected chi connectivity index (χ3v) is 4.99. The lowest BCUT2D eigenvalue weighted by Gasteiger charge is -2.38. The minimum absolute atomic E-state index is 0. The number of hydrogen-bond acceptors (Lipinski definition) is 3. The van der Waals surface area contributed by atoms with E-state index < -0.39 is 0 Å². The summed E-state index contributed by atoms with van der Waals surface area (Å²) in [6.45, 7) is 5.13. The highest BCUT2D eigenvalue weighted by Crippen LogP contribution is 2.24. The first-order valence-electron chi connectivity index (χ1n) is 9.26. The maximum atomic E-state index is 12.5. The van der Waals surface area contributed by atoms with Crippen molar-refractivity contribution in [1.82, 2.24) is 9.88 Å². The standard InChI is InChI=1S/C21H27N3O.ClH/c1-2-21(25)24(19-8-13-22-14-9-19)20-11-16-23(17-12-20)15-10-18-6-4-3-5-7-18;/h3-9,13-14,20H,2,10-12,15-17H2,1H3;1H. The number of carbonyl (C=O) groups is 1. The summed E-state index contributed by atoms with van der Waals surface area (Å²) in [4.78, 5) is 21.1. The Bertz CT molecular complexity index is 657. The van der Waals surface area contributed by atoms with Gasteiger partial charge in [0.25, 0.3) is 0 Å². The van der Waals surface area contributed by atoms with Gasteiger partial charge in [-0.05, 0) is 37.0 Å². The average molecular weight is 374 g/mol. The van der Waals surface area contributed by atoms with E-state index >= 15 is 0 Å². The van der Waals surface area contributed by atoms with Gasteiger partial charge in [-0.25, -0.2) is 0 Å². The third-order valence-electron chi connectivity index (χ3n) is 4.99. The first kappa shape index (κ1) is 20.4. The first-order chi connectivity index (χ1) is 12.3. The molecule has 140 valence electrons. The highest BCUT2D eigenvalue weighted by molar-refractivity contribution is 5.93. The van der Waals surface area contributed by atoms with Crippen LogP contribution < -0.4 is 4.90 Å². The van der Waals surface area contributed by atoms with Crippen LogP contribution in [0.15, 0.2) is 54.9 Å². The predicted molar refractivity (Wildman–Crippen MR) is 109 cm³/mol. The summed E-state index contributed by atoms with van der Waals surface area (Å²) in [5.41, 5.74) is 2.37. The van der Waals surface area contributed by atoms with Crippen LogP contribution in [0.1, 0.15) is 31.7 Å². The quantitative estimate of drug-likeness (QED) is 0.769. The number of carbonyl (C=O) groups excluding carboxylic acids is 1. The molecule has 0 bridgehead atoms. The molecule has 0 N–H and O–H groups in total. The summed E-state index contributed by atoms with van der Waals surface area (Å²) >= 11 is 0. The van der Waals surface area contributed by atoms with Crippen LogP contribution in [0.2, 0.25) is 0 Å². The second-order valence-corrected chi connectivity index (χ2v) is 6.63. The fourth-order valence-electron chi connectivity index (χ4n) is 3.57. The Morgan fingerprint density at radius 1 is 1.12 bits per heavy atom. The molecule has 4 nitrogen and oxygen atoms in total. The zero-order valence-electron chi connectivity index (χ0n) is 15.4. The number of nitrogens with zero attached hydrogens (tertiary/aromatic N) is 3. The molecule has 1 aliphatic heterocycles. The van der Waals surface area contributed by atoms with Crippen molar-refractivity contribution in [3.8, 4) is 0 Å². The minimum atomic E-state index is 0. The number of anilines is 1. The largest absolute Gasteiger partial charge is 0.309 e. The van der Waals surface area contributed by atoms with Gasteiger partial charge in [0, 0.05) is 50.2 Å². The average Bonchev–Trinajstić information content (AvgIpc) is 2.69. The molecule has 0 spiro atoms. The summed E-state index contributed by atoms with van der Waals surface area (Å²) in [7, 11) is 0. The molecule has 0 atom stereocenters. The molecule has 3 rings (SSSR count). The van der Waals surface area contributed by atoms with Gasteiger partial charge in [-0.3, -0.25) is 9.78 Å². The maximum Gasteiger partial charge on any atom is 0.226 e. The van der Waals surface area contributed by atoms with E-state index in [-0.39, 0.29) is 18.3 Å². The molecule has 0 unspecified atom stereocenters. The molecule has 1 amide bonds. The van der Waals surface area contributed by atoms with Gasteiger partial charge in [-0.1, -0.05) is 37.3 Å². The normalized spacial score (nSPS) is 15.3. The molecule has 1 aliphatic rings. The van der Waals surface area contributed by atoms with Crippen LogP contribution in [0.25, 0.3) is 0 Å². The second-order valence-electron chi connectivity index (χ2n) is 6.63. The van der Waals surface area contributed by atoms with Crippen LogP contribution in [-0.2, 0) is 11.2 Å². The third kappa shape index (κ3) is 5.29. The highest BCUT2D eigenvalue weighted by atomic mass is 35.5. The van der Waals surface area contributed by atoms with Crippen molar-refractivity contribution in [1.29, 1.82) is 0 Å². The first-order valence-corrected chi connectivity index (χ1v) is 9.26. The van der Waals surface area contributed by atoms with Crippen LogP contribution in [0, 0.1) is 0 Å². The van der Waals surface area contributed by atoms with E-state index in [1.165, 1.54) is 5.56 Å². The Balaban J connectivity index is 0.00000243.